The summed E-state index contributed by atoms with van der Waals surface area (Å²) in [6, 6.07) is 30.3. The van der Waals surface area contributed by atoms with Gasteiger partial charge in [0, 0.05) is 30.9 Å². The van der Waals surface area contributed by atoms with Crippen LogP contribution in [0.15, 0.2) is 103 Å². The number of aliphatic carboxylic acids is 1. The lowest BCUT2D eigenvalue weighted by atomic mass is 9.89. The summed E-state index contributed by atoms with van der Waals surface area (Å²) in [6.07, 6.45) is 2.83. The van der Waals surface area contributed by atoms with Crippen molar-refractivity contribution in [3.63, 3.8) is 0 Å². The number of aromatic nitrogens is 1. The summed E-state index contributed by atoms with van der Waals surface area (Å²) in [5, 5.41) is 13.3. The molecule has 290 valence electrons. The third-order valence-corrected chi connectivity index (χ3v) is 11.0. The van der Waals surface area contributed by atoms with E-state index in [1.807, 2.05) is 98.8 Å². The molecule has 9 heteroatoms. The summed E-state index contributed by atoms with van der Waals surface area (Å²) in [5.74, 6) is 1.19. The normalized spacial score (nSPS) is 17.5. The summed E-state index contributed by atoms with van der Waals surface area (Å²) >= 11 is 0. The first-order valence-electron chi connectivity index (χ1n) is 19.6. The highest BCUT2D eigenvalue weighted by Gasteiger charge is 2.38. The number of carbonyl (C=O) groups excluding carboxylic acids is 1. The van der Waals surface area contributed by atoms with Gasteiger partial charge in [0.25, 0.3) is 0 Å². The maximum atomic E-state index is 14.4. The molecule has 0 aliphatic carbocycles. The number of carbonyl (C=O) groups is 2. The van der Waals surface area contributed by atoms with Gasteiger partial charge in [-0.25, -0.2) is 4.79 Å². The van der Waals surface area contributed by atoms with Gasteiger partial charge in [-0.2, -0.15) is 0 Å². The van der Waals surface area contributed by atoms with Crippen molar-refractivity contribution in [3.8, 4) is 28.4 Å². The summed E-state index contributed by atoms with van der Waals surface area (Å²) in [5.41, 5.74) is 9.16. The Kier molecular flexibility index (Phi) is 11.7. The van der Waals surface area contributed by atoms with E-state index in [9.17, 15) is 14.7 Å². The second kappa shape index (κ2) is 17.0. The minimum absolute atomic E-state index is 0.0754. The van der Waals surface area contributed by atoms with Gasteiger partial charge in [0.2, 0.25) is 5.91 Å². The van der Waals surface area contributed by atoms with Crippen molar-refractivity contribution in [1.29, 1.82) is 0 Å². The number of nitrogens with one attached hydrogen (secondary N) is 1. The summed E-state index contributed by atoms with van der Waals surface area (Å²) in [6.45, 7) is 11.9. The van der Waals surface area contributed by atoms with Crippen molar-refractivity contribution in [2.75, 3.05) is 13.2 Å². The van der Waals surface area contributed by atoms with E-state index in [-0.39, 0.29) is 24.5 Å². The van der Waals surface area contributed by atoms with Crippen molar-refractivity contribution in [2.24, 2.45) is 5.92 Å². The Bertz CT molecular complexity index is 2150. The topological polar surface area (TPSA) is 110 Å². The molecule has 0 spiro atoms. The van der Waals surface area contributed by atoms with Gasteiger partial charge in [-0.1, -0.05) is 87.5 Å². The van der Waals surface area contributed by atoms with Crippen molar-refractivity contribution >= 4 is 11.9 Å². The molecular formula is C47H51N3O6. The monoisotopic (exact) mass is 753 g/mol. The first-order valence-corrected chi connectivity index (χ1v) is 19.6. The molecule has 2 aliphatic rings. The molecule has 1 unspecified atom stereocenters. The number of ether oxygens (including phenoxy) is 3. The Morgan fingerprint density at radius 2 is 1.68 bits per heavy atom. The van der Waals surface area contributed by atoms with E-state index >= 15 is 0 Å². The molecule has 56 heavy (non-hydrogen) atoms. The van der Waals surface area contributed by atoms with Crippen molar-refractivity contribution in [3.05, 3.63) is 142 Å². The number of carboxylic acid groups (broad SMARTS) is 1. The fourth-order valence-corrected chi connectivity index (χ4v) is 7.76. The molecule has 5 aromatic rings. The lowest BCUT2D eigenvalue weighted by molar-refractivity contribution is -0.143. The van der Waals surface area contributed by atoms with Crippen molar-refractivity contribution < 1.29 is 28.9 Å². The van der Waals surface area contributed by atoms with Crippen molar-refractivity contribution in [2.45, 2.75) is 84.7 Å². The highest BCUT2D eigenvalue weighted by atomic mass is 16.6. The van der Waals surface area contributed by atoms with Crippen molar-refractivity contribution in [1.82, 2.24) is 15.2 Å². The van der Waals surface area contributed by atoms with Crippen LogP contribution in [0.2, 0.25) is 0 Å². The van der Waals surface area contributed by atoms with Gasteiger partial charge in [0.15, 0.2) is 17.6 Å². The first kappa shape index (κ1) is 38.6. The quantitative estimate of drug-likeness (QED) is 0.123. The highest BCUT2D eigenvalue weighted by molar-refractivity contribution is 5.87. The zero-order valence-electron chi connectivity index (χ0n) is 32.8. The zero-order chi connectivity index (χ0) is 39.3. The van der Waals surface area contributed by atoms with E-state index in [1.54, 1.807) is 6.20 Å². The Labute approximate surface area is 329 Å². The average Bonchev–Trinajstić information content (AvgIpc) is 3.20. The predicted octanol–water partition coefficient (Wildman–Crippen LogP) is 8.60. The van der Waals surface area contributed by atoms with Gasteiger partial charge in [0.1, 0.15) is 18.4 Å². The van der Waals surface area contributed by atoms with E-state index in [0.29, 0.717) is 43.6 Å². The molecule has 0 radical (unpaired) electrons. The largest absolute Gasteiger partial charge is 0.493 e. The Balaban J connectivity index is 1.11. The van der Waals surface area contributed by atoms with E-state index in [1.165, 1.54) is 0 Å². The van der Waals surface area contributed by atoms with Gasteiger partial charge in [-0.05, 0) is 107 Å². The fraction of sp³-hybridized carbons (Fsp3) is 0.340. The third-order valence-electron chi connectivity index (χ3n) is 11.0. The van der Waals surface area contributed by atoms with Crippen LogP contribution in [0.3, 0.4) is 0 Å². The molecule has 2 N–H and O–H groups in total. The zero-order valence-corrected chi connectivity index (χ0v) is 32.8. The number of hydrogen-bond donors (Lipinski definition) is 2. The van der Waals surface area contributed by atoms with Gasteiger partial charge in [-0.15, -0.1) is 0 Å². The number of hydrogen-bond acceptors (Lipinski definition) is 7. The van der Waals surface area contributed by atoms with E-state index < -0.39 is 18.1 Å². The van der Waals surface area contributed by atoms with E-state index in [0.717, 1.165) is 62.4 Å². The van der Waals surface area contributed by atoms with E-state index in [4.69, 9.17) is 14.2 Å². The molecule has 1 amide bonds. The maximum absolute atomic E-state index is 14.4. The van der Waals surface area contributed by atoms with Gasteiger partial charge in [-0.3, -0.25) is 14.7 Å². The van der Waals surface area contributed by atoms with Gasteiger partial charge in [0.05, 0.1) is 12.6 Å². The number of nitrogens with zero attached hydrogens (tertiary/aromatic N) is 2. The summed E-state index contributed by atoms with van der Waals surface area (Å²) < 4.78 is 18.7. The Morgan fingerprint density at radius 1 is 0.946 bits per heavy atom. The SMILES string of the molecule is CC[C@@H](c1ccccc1)N1Cc2cc3c(cc2C[C@H]1C(=O)NC(Cc1ccc(-c2ccnc(C)c2C)cc1)C(=O)O)OC[C@H](c1ccc(OCC(C)C)cc1)O3. The molecule has 7 rings (SSSR count). The molecule has 3 heterocycles. The number of benzene rings is 4. The number of amides is 1. The lowest BCUT2D eigenvalue weighted by Crippen LogP contribution is -2.55. The first-order chi connectivity index (χ1) is 27.1. The Morgan fingerprint density at radius 3 is 2.38 bits per heavy atom. The van der Waals surface area contributed by atoms with Crippen LogP contribution in [0, 0.1) is 19.8 Å². The third kappa shape index (κ3) is 8.58. The number of fused-ring (bicyclic) bond motifs is 2. The summed E-state index contributed by atoms with van der Waals surface area (Å²) in [7, 11) is 0. The summed E-state index contributed by atoms with van der Waals surface area (Å²) in [4.78, 5) is 33.6. The molecule has 4 atom stereocenters. The number of rotatable bonds is 13. The number of aryl methyl sites for hydroxylation is 1. The molecular weight excluding hydrogens is 703 g/mol. The van der Waals surface area contributed by atoms with Crippen LogP contribution in [0.4, 0.5) is 0 Å². The maximum Gasteiger partial charge on any atom is 0.326 e. The van der Waals surface area contributed by atoms with E-state index in [2.05, 4.69) is 48.1 Å². The van der Waals surface area contributed by atoms with Crippen LogP contribution in [-0.4, -0.2) is 52.2 Å². The molecule has 9 nitrogen and oxygen atoms in total. The second-order valence-electron chi connectivity index (χ2n) is 15.4. The standard InChI is InChI=1S/C47H51N3O6/c1-6-41(34-10-8-7-9-11-34)50-26-37-25-44-43(55-28-45(56-44)35-16-18-38(19-17-35)54-27-29(2)3)24-36(37)23-42(50)46(51)49-40(47(52)53)22-32-12-14-33(15-13-32)39-20-21-48-31(5)30(39)4/h7-21,24-25,29,40-42,45H,6,22-23,26-28H2,1-5H3,(H,49,51)(H,52,53)/t40?,41-,42-,45+/m0/s1. The molecule has 0 bridgehead atoms. The van der Waals surface area contributed by atoms with Gasteiger partial charge >= 0.3 is 5.97 Å². The highest BCUT2D eigenvalue weighted by Crippen LogP contribution is 2.42. The van der Waals surface area contributed by atoms with Gasteiger partial charge < -0.3 is 24.6 Å². The van der Waals surface area contributed by atoms with Crippen LogP contribution in [0.1, 0.15) is 78.4 Å². The fourth-order valence-electron chi connectivity index (χ4n) is 7.76. The van der Waals surface area contributed by atoms with Crippen LogP contribution in [-0.2, 0) is 29.0 Å². The smallest absolute Gasteiger partial charge is 0.326 e. The molecule has 0 fully saturated rings. The molecule has 0 saturated carbocycles. The number of carboxylic acids is 1. The van der Waals surface area contributed by atoms with Crippen LogP contribution in [0.5, 0.6) is 17.2 Å². The molecule has 4 aromatic carbocycles. The minimum atomic E-state index is -1.11. The predicted molar refractivity (Wildman–Crippen MR) is 217 cm³/mol. The molecule has 0 saturated heterocycles. The lowest BCUT2D eigenvalue weighted by Gasteiger charge is -2.42. The van der Waals surface area contributed by atoms with Crippen LogP contribution >= 0.6 is 0 Å². The molecule has 1 aromatic heterocycles. The van der Waals surface area contributed by atoms with Crippen LogP contribution < -0.4 is 19.5 Å². The second-order valence-corrected chi connectivity index (χ2v) is 15.4. The number of pyridine rings is 1. The Hall–Kier alpha value is -5.67. The average molecular weight is 754 g/mol. The molecule has 2 aliphatic heterocycles. The minimum Gasteiger partial charge on any atom is -0.493 e. The van der Waals surface area contributed by atoms with Crippen LogP contribution in [0.25, 0.3) is 11.1 Å².